The third-order valence-electron chi connectivity index (χ3n) is 2.44. The standard InChI is InChI=1S/C11H8ClN5/c1-7-2-3-13-9(4-7)17-11-8(5-16-17)10(12)14-6-15-11/h2-6H,1H3. The van der Waals surface area contributed by atoms with E-state index in [2.05, 4.69) is 20.1 Å². The van der Waals surface area contributed by atoms with Crippen LogP contribution in [0.2, 0.25) is 5.15 Å². The van der Waals surface area contributed by atoms with Crippen LogP contribution in [0.25, 0.3) is 16.9 Å². The van der Waals surface area contributed by atoms with E-state index in [1.807, 2.05) is 19.1 Å². The summed E-state index contributed by atoms with van der Waals surface area (Å²) in [6, 6.07) is 3.86. The Morgan fingerprint density at radius 3 is 2.94 bits per heavy atom. The van der Waals surface area contributed by atoms with Crippen molar-refractivity contribution in [3.63, 3.8) is 0 Å². The number of fused-ring (bicyclic) bond motifs is 1. The number of hydrogen-bond acceptors (Lipinski definition) is 4. The lowest BCUT2D eigenvalue weighted by Crippen LogP contribution is -2.00. The van der Waals surface area contributed by atoms with Gasteiger partial charge in [0.05, 0.1) is 11.6 Å². The van der Waals surface area contributed by atoms with E-state index in [0.717, 1.165) is 16.8 Å². The van der Waals surface area contributed by atoms with Crippen LogP contribution in [0.15, 0.2) is 30.9 Å². The Hall–Kier alpha value is -2.01. The molecule has 6 heteroatoms. The van der Waals surface area contributed by atoms with E-state index in [1.165, 1.54) is 6.33 Å². The van der Waals surface area contributed by atoms with Crippen LogP contribution in [-0.4, -0.2) is 24.7 Å². The number of pyridine rings is 1. The molecule has 0 fully saturated rings. The molecule has 0 radical (unpaired) electrons. The second-order valence-corrected chi connectivity index (χ2v) is 4.01. The monoisotopic (exact) mass is 245 g/mol. The van der Waals surface area contributed by atoms with E-state index in [4.69, 9.17) is 11.6 Å². The first kappa shape index (κ1) is 10.2. The van der Waals surface area contributed by atoms with Crippen LogP contribution >= 0.6 is 11.6 Å². The number of aromatic nitrogens is 5. The van der Waals surface area contributed by atoms with Crippen LogP contribution in [0, 0.1) is 6.92 Å². The maximum absolute atomic E-state index is 5.96. The zero-order chi connectivity index (χ0) is 11.8. The van der Waals surface area contributed by atoms with Crippen molar-refractivity contribution in [3.05, 3.63) is 41.6 Å². The third-order valence-corrected chi connectivity index (χ3v) is 2.74. The summed E-state index contributed by atoms with van der Waals surface area (Å²) < 4.78 is 1.65. The van der Waals surface area contributed by atoms with Gasteiger partial charge in [0.15, 0.2) is 11.5 Å². The highest BCUT2D eigenvalue weighted by atomic mass is 35.5. The largest absolute Gasteiger partial charge is 0.237 e. The van der Waals surface area contributed by atoms with Gasteiger partial charge in [-0.15, -0.1) is 0 Å². The molecule has 0 saturated heterocycles. The predicted molar refractivity (Wildman–Crippen MR) is 64.2 cm³/mol. The quantitative estimate of drug-likeness (QED) is 0.617. The van der Waals surface area contributed by atoms with Crippen LogP contribution in [0.5, 0.6) is 0 Å². The van der Waals surface area contributed by atoms with Crippen LogP contribution in [0.4, 0.5) is 0 Å². The molecule has 3 aromatic rings. The van der Waals surface area contributed by atoms with Gasteiger partial charge in [0, 0.05) is 6.20 Å². The minimum absolute atomic E-state index is 0.397. The number of nitrogens with zero attached hydrogens (tertiary/aromatic N) is 5. The normalized spacial score (nSPS) is 10.9. The highest BCUT2D eigenvalue weighted by Gasteiger charge is 2.10. The number of aryl methyl sites for hydroxylation is 1. The molecule has 3 heterocycles. The summed E-state index contributed by atoms with van der Waals surface area (Å²) in [6.07, 6.45) is 4.79. The lowest BCUT2D eigenvalue weighted by atomic mass is 10.3. The van der Waals surface area contributed by atoms with Crippen molar-refractivity contribution in [2.24, 2.45) is 0 Å². The van der Waals surface area contributed by atoms with Gasteiger partial charge in [0.25, 0.3) is 0 Å². The Kier molecular flexibility index (Phi) is 2.26. The Morgan fingerprint density at radius 1 is 1.24 bits per heavy atom. The molecule has 0 saturated carbocycles. The van der Waals surface area contributed by atoms with Gasteiger partial charge in [-0.1, -0.05) is 11.6 Å². The number of rotatable bonds is 1. The SMILES string of the molecule is Cc1ccnc(-n2ncc3c(Cl)ncnc32)c1. The van der Waals surface area contributed by atoms with E-state index in [0.29, 0.717) is 10.8 Å². The second kappa shape index (κ2) is 3.78. The average Bonchev–Trinajstić information content (AvgIpc) is 2.74. The average molecular weight is 246 g/mol. The van der Waals surface area contributed by atoms with E-state index in [1.54, 1.807) is 17.1 Å². The van der Waals surface area contributed by atoms with Crippen molar-refractivity contribution >= 4 is 22.6 Å². The summed E-state index contributed by atoms with van der Waals surface area (Å²) >= 11 is 5.96. The molecule has 0 unspecified atom stereocenters. The molecule has 0 atom stereocenters. The fraction of sp³-hybridized carbons (Fsp3) is 0.0909. The van der Waals surface area contributed by atoms with Gasteiger partial charge < -0.3 is 0 Å². The molecule has 84 valence electrons. The molecule has 0 N–H and O–H groups in total. The van der Waals surface area contributed by atoms with Gasteiger partial charge in [-0.2, -0.15) is 9.78 Å². The Labute approximate surface area is 102 Å². The number of hydrogen-bond donors (Lipinski definition) is 0. The topological polar surface area (TPSA) is 56.5 Å². The van der Waals surface area contributed by atoms with E-state index < -0.39 is 0 Å². The molecule has 3 aromatic heterocycles. The maximum atomic E-state index is 5.96. The molecule has 0 amide bonds. The summed E-state index contributed by atoms with van der Waals surface area (Å²) in [6.45, 7) is 2.00. The van der Waals surface area contributed by atoms with E-state index in [-0.39, 0.29) is 0 Å². The zero-order valence-corrected chi connectivity index (χ0v) is 9.76. The van der Waals surface area contributed by atoms with E-state index in [9.17, 15) is 0 Å². The summed E-state index contributed by atoms with van der Waals surface area (Å²) in [4.78, 5) is 12.3. The highest BCUT2D eigenvalue weighted by molar-refractivity contribution is 6.33. The lowest BCUT2D eigenvalue weighted by molar-refractivity contribution is 0.859. The summed E-state index contributed by atoms with van der Waals surface area (Å²) in [5.74, 6) is 0.717. The molecule has 0 aliphatic rings. The second-order valence-electron chi connectivity index (χ2n) is 3.65. The summed E-state index contributed by atoms with van der Waals surface area (Å²) in [7, 11) is 0. The summed E-state index contributed by atoms with van der Waals surface area (Å²) in [5.41, 5.74) is 1.77. The minimum Gasteiger partial charge on any atom is -0.237 e. The molecule has 17 heavy (non-hydrogen) atoms. The zero-order valence-electron chi connectivity index (χ0n) is 9.00. The van der Waals surface area contributed by atoms with Crippen molar-refractivity contribution in [2.75, 3.05) is 0 Å². The summed E-state index contributed by atoms with van der Waals surface area (Å²) in [5, 5.41) is 5.35. The maximum Gasteiger partial charge on any atom is 0.169 e. The predicted octanol–water partition coefficient (Wildman–Crippen LogP) is 2.17. The van der Waals surface area contributed by atoms with Crippen LogP contribution in [0.3, 0.4) is 0 Å². The van der Waals surface area contributed by atoms with Crippen molar-refractivity contribution in [1.82, 2.24) is 24.7 Å². The smallest absolute Gasteiger partial charge is 0.169 e. The molecular formula is C11H8ClN5. The molecule has 5 nitrogen and oxygen atoms in total. The van der Waals surface area contributed by atoms with Gasteiger partial charge in [0.1, 0.15) is 11.5 Å². The Balaban J connectivity index is 2.28. The molecule has 0 bridgehead atoms. The first-order valence-corrected chi connectivity index (χ1v) is 5.41. The molecule has 3 rings (SSSR count). The van der Waals surface area contributed by atoms with Crippen molar-refractivity contribution in [2.45, 2.75) is 6.92 Å². The fourth-order valence-corrected chi connectivity index (χ4v) is 1.80. The van der Waals surface area contributed by atoms with Gasteiger partial charge in [0.2, 0.25) is 0 Å². The number of halogens is 1. The van der Waals surface area contributed by atoms with Gasteiger partial charge in [-0.3, -0.25) is 0 Å². The van der Waals surface area contributed by atoms with Crippen LogP contribution in [0.1, 0.15) is 5.56 Å². The molecule has 0 aromatic carbocycles. The lowest BCUT2D eigenvalue weighted by Gasteiger charge is -2.02. The first-order chi connectivity index (χ1) is 8.25. The first-order valence-electron chi connectivity index (χ1n) is 5.03. The van der Waals surface area contributed by atoms with Crippen molar-refractivity contribution in [3.8, 4) is 5.82 Å². The molecule has 0 aliphatic carbocycles. The van der Waals surface area contributed by atoms with Gasteiger partial charge in [-0.25, -0.2) is 15.0 Å². The van der Waals surface area contributed by atoms with E-state index >= 15 is 0 Å². The van der Waals surface area contributed by atoms with Crippen LogP contribution in [-0.2, 0) is 0 Å². The van der Waals surface area contributed by atoms with Gasteiger partial charge >= 0.3 is 0 Å². The molecule has 0 aliphatic heterocycles. The third kappa shape index (κ3) is 1.64. The Morgan fingerprint density at radius 2 is 2.12 bits per heavy atom. The van der Waals surface area contributed by atoms with Gasteiger partial charge in [-0.05, 0) is 24.6 Å². The Bertz CT molecular complexity index is 691. The highest BCUT2D eigenvalue weighted by Crippen LogP contribution is 2.20. The molecule has 0 spiro atoms. The molecular weight excluding hydrogens is 238 g/mol. The fourth-order valence-electron chi connectivity index (χ4n) is 1.62. The van der Waals surface area contributed by atoms with Crippen molar-refractivity contribution < 1.29 is 0 Å². The minimum atomic E-state index is 0.397. The van der Waals surface area contributed by atoms with Crippen molar-refractivity contribution in [1.29, 1.82) is 0 Å². The van der Waals surface area contributed by atoms with Crippen LogP contribution < -0.4 is 0 Å².